The molecule has 3 aliphatic heterocycles. The number of hydrogen-bond donors (Lipinski definition) is 1. The smallest absolute Gasteiger partial charge is 0.238 e. The van der Waals surface area contributed by atoms with Gasteiger partial charge in [-0.1, -0.05) is 19.1 Å². The molecular weight excluding hydrogens is 619 g/mol. The van der Waals surface area contributed by atoms with Crippen molar-refractivity contribution < 1.29 is 14.0 Å². The first kappa shape index (κ1) is 31.9. The topological polar surface area (TPSA) is 99.5 Å². The van der Waals surface area contributed by atoms with Crippen molar-refractivity contribution in [2.75, 3.05) is 36.4 Å². The molecular formula is C38H45FN8O2. The van der Waals surface area contributed by atoms with Crippen LogP contribution in [0.5, 0.6) is 0 Å². The van der Waals surface area contributed by atoms with Gasteiger partial charge in [-0.25, -0.2) is 14.4 Å². The molecule has 4 aliphatic rings. The fourth-order valence-electron chi connectivity index (χ4n) is 8.72. The summed E-state index contributed by atoms with van der Waals surface area (Å²) < 4.78 is 16.8. The van der Waals surface area contributed by atoms with E-state index in [1.165, 1.54) is 19.0 Å². The van der Waals surface area contributed by atoms with Crippen molar-refractivity contribution in [1.82, 2.24) is 29.3 Å². The molecule has 2 saturated heterocycles. The second-order valence-corrected chi connectivity index (χ2v) is 15.0. The minimum Gasteiger partial charge on any atom is -0.343 e. The molecule has 0 unspecified atom stereocenters. The summed E-state index contributed by atoms with van der Waals surface area (Å²) in [5.74, 6) is 0.980. The molecule has 1 saturated carbocycles. The quantitative estimate of drug-likeness (QED) is 0.253. The third-order valence-electron chi connectivity index (χ3n) is 11.6. The predicted molar refractivity (Wildman–Crippen MR) is 188 cm³/mol. The molecule has 10 nitrogen and oxygen atoms in total. The summed E-state index contributed by atoms with van der Waals surface area (Å²) in [6.45, 7) is 11.5. The van der Waals surface area contributed by atoms with Gasteiger partial charge in [0.05, 0.1) is 34.8 Å². The highest BCUT2D eigenvalue weighted by Gasteiger charge is 2.55. The summed E-state index contributed by atoms with van der Waals surface area (Å²) >= 11 is 0. The van der Waals surface area contributed by atoms with Crippen LogP contribution in [0.15, 0.2) is 49.1 Å². The maximum atomic E-state index is 14.8. The molecule has 0 bridgehead atoms. The molecule has 8 rings (SSSR count). The molecule has 1 spiro atoms. The number of aromatic nitrogens is 4. The van der Waals surface area contributed by atoms with E-state index in [4.69, 9.17) is 9.97 Å². The standard InChI is InChI=1S/C38H45FN8O2/c1-23(2)46-22-41-33-19-32(43-36(35(33)46)42-31-9-12-40-20-30(31)39)26-7-8-29-34(16-26)47(28-17-27(18-28)45-13-5-6-24(3)21-45)37(49)38(29)10-14-44(15-11-38)25(4)48/h7-9,12,16,19-20,22-24,27-28H,5-6,10-11,13-15,17-18,21H2,1-4H3,(H,40,42,43)/t24-,27-,28+/m1/s1. The minimum absolute atomic E-state index is 0.0581. The third kappa shape index (κ3) is 5.37. The molecule has 49 heavy (non-hydrogen) atoms. The number of nitrogens with zero attached hydrogens (tertiary/aromatic N) is 7. The molecule has 1 atom stereocenters. The van der Waals surface area contributed by atoms with Crippen molar-refractivity contribution in [2.24, 2.45) is 5.92 Å². The zero-order valence-corrected chi connectivity index (χ0v) is 28.8. The molecule has 3 fully saturated rings. The normalized spacial score (nSPS) is 23.7. The Morgan fingerprint density at radius 1 is 1.08 bits per heavy atom. The van der Waals surface area contributed by atoms with Gasteiger partial charge in [0, 0.05) is 62.1 Å². The second-order valence-electron chi connectivity index (χ2n) is 15.0. The molecule has 4 aromatic rings. The molecule has 1 aliphatic carbocycles. The fourth-order valence-corrected chi connectivity index (χ4v) is 8.72. The predicted octanol–water partition coefficient (Wildman–Crippen LogP) is 6.45. The Hall–Kier alpha value is -4.38. The van der Waals surface area contributed by atoms with Gasteiger partial charge in [0.2, 0.25) is 11.8 Å². The van der Waals surface area contributed by atoms with Crippen LogP contribution in [0.3, 0.4) is 0 Å². The Kier molecular flexibility index (Phi) is 7.93. The number of carbonyl (C=O) groups is 2. The average molecular weight is 665 g/mol. The van der Waals surface area contributed by atoms with Crippen LogP contribution in [0.1, 0.15) is 77.8 Å². The number of rotatable bonds is 6. The van der Waals surface area contributed by atoms with Crippen LogP contribution in [0, 0.1) is 11.7 Å². The van der Waals surface area contributed by atoms with Crippen LogP contribution in [0.4, 0.5) is 21.6 Å². The van der Waals surface area contributed by atoms with Gasteiger partial charge in [0.1, 0.15) is 5.52 Å². The van der Waals surface area contributed by atoms with E-state index >= 15 is 0 Å². The summed E-state index contributed by atoms with van der Waals surface area (Å²) in [4.78, 5) is 47.2. The lowest BCUT2D eigenvalue weighted by atomic mass is 9.73. The number of fused-ring (bicyclic) bond motifs is 3. The number of pyridine rings is 2. The van der Waals surface area contributed by atoms with Crippen molar-refractivity contribution >= 4 is 40.0 Å². The van der Waals surface area contributed by atoms with Crippen molar-refractivity contribution in [3.8, 4) is 11.3 Å². The Labute approximate surface area is 286 Å². The Morgan fingerprint density at radius 3 is 2.59 bits per heavy atom. The average Bonchev–Trinajstić information content (AvgIpc) is 3.60. The third-order valence-corrected chi connectivity index (χ3v) is 11.6. The van der Waals surface area contributed by atoms with Crippen LogP contribution in [-0.2, 0) is 15.0 Å². The number of nitrogens with one attached hydrogen (secondary N) is 1. The first-order chi connectivity index (χ1) is 23.6. The van der Waals surface area contributed by atoms with Gasteiger partial charge >= 0.3 is 0 Å². The van der Waals surface area contributed by atoms with E-state index in [0.29, 0.717) is 49.4 Å². The number of piperidine rings is 2. The number of anilines is 3. The van der Waals surface area contributed by atoms with Gasteiger partial charge in [0.25, 0.3) is 0 Å². The van der Waals surface area contributed by atoms with E-state index in [1.807, 2.05) is 15.5 Å². The van der Waals surface area contributed by atoms with Crippen molar-refractivity contribution in [3.05, 3.63) is 60.4 Å². The number of likely N-dealkylation sites (tertiary alicyclic amines) is 2. The summed E-state index contributed by atoms with van der Waals surface area (Å²) in [5.41, 5.74) is 4.75. The monoisotopic (exact) mass is 664 g/mol. The van der Waals surface area contributed by atoms with Gasteiger partial charge < -0.3 is 19.7 Å². The number of carbonyl (C=O) groups excluding carboxylic acids is 2. The van der Waals surface area contributed by atoms with E-state index in [9.17, 15) is 14.0 Å². The second kappa shape index (κ2) is 12.2. The number of imidazole rings is 1. The Balaban J connectivity index is 1.19. The fraction of sp³-hybridized carbons (Fsp3) is 0.500. The van der Waals surface area contributed by atoms with Crippen molar-refractivity contribution in [3.63, 3.8) is 0 Å². The van der Waals surface area contributed by atoms with E-state index in [-0.39, 0.29) is 29.6 Å². The number of benzene rings is 1. The summed E-state index contributed by atoms with van der Waals surface area (Å²) in [6.07, 6.45) is 10.2. The number of halogens is 1. The zero-order valence-electron chi connectivity index (χ0n) is 28.8. The SMILES string of the molecule is CC(=O)N1CCC2(CC1)C(=O)N([C@H]1C[C@@H](N3CCC[C@@H](C)C3)C1)c1cc(-c3cc4ncn(C(C)C)c4c(Nc4ccncc4F)n3)ccc12. The lowest BCUT2D eigenvalue weighted by molar-refractivity contribution is -0.134. The maximum absolute atomic E-state index is 14.8. The Bertz CT molecular complexity index is 1930. The van der Waals surface area contributed by atoms with Crippen LogP contribution in [-0.4, -0.2) is 79.4 Å². The highest BCUT2D eigenvalue weighted by Crippen LogP contribution is 2.52. The number of hydrogen-bond acceptors (Lipinski definition) is 7. The van der Waals surface area contributed by atoms with Crippen LogP contribution >= 0.6 is 0 Å². The van der Waals surface area contributed by atoms with Gasteiger partial charge in [-0.05, 0) is 88.6 Å². The molecule has 1 N–H and O–H groups in total. The summed E-state index contributed by atoms with van der Waals surface area (Å²) in [6, 6.07) is 10.6. The minimum atomic E-state index is -0.635. The molecule has 0 radical (unpaired) electrons. The molecule has 256 valence electrons. The molecule has 11 heteroatoms. The van der Waals surface area contributed by atoms with Crippen LogP contribution < -0.4 is 10.2 Å². The van der Waals surface area contributed by atoms with E-state index in [1.54, 1.807) is 25.5 Å². The molecule has 1 aromatic carbocycles. The van der Waals surface area contributed by atoms with Crippen LogP contribution in [0.25, 0.3) is 22.3 Å². The lowest BCUT2D eigenvalue weighted by Crippen LogP contribution is -2.59. The van der Waals surface area contributed by atoms with Crippen molar-refractivity contribution in [1.29, 1.82) is 0 Å². The van der Waals surface area contributed by atoms with Gasteiger partial charge in [-0.15, -0.1) is 0 Å². The first-order valence-corrected chi connectivity index (χ1v) is 17.8. The van der Waals surface area contributed by atoms with E-state index in [2.05, 4.69) is 59.1 Å². The zero-order chi connectivity index (χ0) is 34.0. The largest absolute Gasteiger partial charge is 0.343 e. The van der Waals surface area contributed by atoms with E-state index in [0.717, 1.165) is 53.8 Å². The Morgan fingerprint density at radius 2 is 1.88 bits per heavy atom. The summed E-state index contributed by atoms with van der Waals surface area (Å²) in [7, 11) is 0. The lowest BCUT2D eigenvalue weighted by Gasteiger charge is -2.49. The van der Waals surface area contributed by atoms with Crippen molar-refractivity contribution in [2.45, 2.75) is 89.8 Å². The molecule has 2 amide bonds. The highest BCUT2D eigenvalue weighted by molar-refractivity contribution is 6.09. The van der Waals surface area contributed by atoms with Crippen LogP contribution in [0.2, 0.25) is 0 Å². The van der Waals surface area contributed by atoms with Gasteiger partial charge in [-0.2, -0.15) is 0 Å². The first-order valence-electron chi connectivity index (χ1n) is 17.8. The molecule has 3 aromatic heterocycles. The molecule has 6 heterocycles. The van der Waals surface area contributed by atoms with Gasteiger partial charge in [0.15, 0.2) is 11.6 Å². The number of amides is 2. The van der Waals surface area contributed by atoms with Gasteiger partial charge in [-0.3, -0.25) is 19.5 Å². The summed E-state index contributed by atoms with van der Waals surface area (Å²) in [5, 5.41) is 3.22. The highest BCUT2D eigenvalue weighted by atomic mass is 19.1. The maximum Gasteiger partial charge on any atom is 0.238 e. The van der Waals surface area contributed by atoms with E-state index < -0.39 is 11.2 Å².